The van der Waals surface area contributed by atoms with E-state index < -0.39 is 23.1 Å². The zero-order valence-corrected chi connectivity index (χ0v) is 13.7. The van der Waals surface area contributed by atoms with Gasteiger partial charge in [-0.2, -0.15) is 0 Å². The van der Waals surface area contributed by atoms with Crippen LogP contribution in [0.3, 0.4) is 0 Å². The minimum Gasteiger partial charge on any atom is -0.388 e. The highest BCUT2D eigenvalue weighted by molar-refractivity contribution is 6.36. The highest BCUT2D eigenvalue weighted by atomic mass is 35.5. The summed E-state index contributed by atoms with van der Waals surface area (Å²) in [4.78, 5) is 25.8. The van der Waals surface area contributed by atoms with Crippen molar-refractivity contribution in [2.75, 3.05) is 26.7 Å². The van der Waals surface area contributed by atoms with Gasteiger partial charge in [0, 0.05) is 26.1 Å². The summed E-state index contributed by atoms with van der Waals surface area (Å²) in [7, 11) is 1.97. The van der Waals surface area contributed by atoms with Gasteiger partial charge in [-0.25, -0.2) is 4.39 Å². The molecule has 0 saturated carbocycles. The van der Waals surface area contributed by atoms with E-state index in [1.807, 2.05) is 7.05 Å². The van der Waals surface area contributed by atoms with Gasteiger partial charge in [-0.3, -0.25) is 9.59 Å². The van der Waals surface area contributed by atoms with Gasteiger partial charge in [0.05, 0.1) is 10.6 Å². The number of ketones is 1. The number of Topliss-reactive ketones (excluding diaryl/α,β-unsaturated/α-hetero) is 1. The van der Waals surface area contributed by atoms with Gasteiger partial charge in [0.15, 0.2) is 0 Å². The normalized spacial score (nSPS) is 17.7. The van der Waals surface area contributed by atoms with Gasteiger partial charge in [0.1, 0.15) is 5.82 Å². The molecule has 1 heterocycles. The Bertz CT molecular complexity index is 601. The van der Waals surface area contributed by atoms with Crippen molar-refractivity contribution in [3.63, 3.8) is 0 Å². The summed E-state index contributed by atoms with van der Waals surface area (Å²) in [6.07, 6.45) is 0.877. The molecule has 0 bridgehead atoms. The lowest BCUT2D eigenvalue weighted by Crippen LogP contribution is -2.51. The van der Waals surface area contributed by atoms with Crippen molar-refractivity contribution < 1.29 is 19.1 Å². The molecule has 1 aromatic rings. The van der Waals surface area contributed by atoms with Crippen molar-refractivity contribution in [3.05, 3.63) is 34.6 Å². The fourth-order valence-corrected chi connectivity index (χ4v) is 2.59. The minimum absolute atomic E-state index is 0.0323. The van der Waals surface area contributed by atoms with Crippen LogP contribution in [0, 0.1) is 5.82 Å². The number of hydrogen-bond acceptors (Lipinski definition) is 4. The van der Waals surface area contributed by atoms with Crippen LogP contribution < -0.4 is 5.32 Å². The number of piperidine rings is 1. The summed E-state index contributed by atoms with van der Waals surface area (Å²) in [5.74, 6) is -2.08. The molecule has 0 aliphatic carbocycles. The molecule has 1 aliphatic heterocycles. The molecule has 0 aromatic heterocycles. The predicted molar refractivity (Wildman–Crippen MR) is 84.8 cm³/mol. The molecule has 7 heteroatoms. The second-order valence-electron chi connectivity index (χ2n) is 6.06. The molecule has 1 saturated heterocycles. The number of halogens is 2. The standard InChI is InChI=1S/C16H20ClFN2O3/c1-20-6-4-16(23,5-7-20)10-19-15(22)14(21)9-11-2-3-12(17)13(18)8-11/h2-3,8,23H,4-7,9-10H2,1H3,(H,19,22). The monoisotopic (exact) mass is 342 g/mol. The first-order chi connectivity index (χ1) is 10.8. The lowest BCUT2D eigenvalue weighted by Gasteiger charge is -2.36. The SMILES string of the molecule is CN1CCC(O)(CNC(=O)C(=O)Cc2ccc(Cl)c(F)c2)CC1. The maximum absolute atomic E-state index is 13.3. The van der Waals surface area contributed by atoms with E-state index in [4.69, 9.17) is 11.6 Å². The Morgan fingerprint density at radius 3 is 2.65 bits per heavy atom. The lowest BCUT2D eigenvalue weighted by atomic mass is 9.91. The van der Waals surface area contributed by atoms with E-state index in [1.165, 1.54) is 12.1 Å². The van der Waals surface area contributed by atoms with Gasteiger partial charge < -0.3 is 15.3 Å². The number of hydrogen-bond donors (Lipinski definition) is 2. The second kappa shape index (κ2) is 7.38. The van der Waals surface area contributed by atoms with Gasteiger partial charge in [-0.1, -0.05) is 17.7 Å². The van der Waals surface area contributed by atoms with Crippen LogP contribution in [-0.4, -0.2) is 54.0 Å². The number of amides is 1. The predicted octanol–water partition coefficient (Wildman–Crippen LogP) is 1.16. The summed E-state index contributed by atoms with van der Waals surface area (Å²) in [6.45, 7) is 1.52. The molecule has 1 amide bonds. The molecule has 1 aliphatic rings. The Hall–Kier alpha value is -1.50. The van der Waals surface area contributed by atoms with E-state index >= 15 is 0 Å². The molecule has 0 spiro atoms. The second-order valence-corrected chi connectivity index (χ2v) is 6.47. The number of benzene rings is 1. The van der Waals surface area contributed by atoms with Crippen LogP contribution in [-0.2, 0) is 16.0 Å². The number of rotatable bonds is 5. The molecule has 1 aromatic carbocycles. The summed E-state index contributed by atoms with van der Waals surface area (Å²) in [6, 6.07) is 3.98. The smallest absolute Gasteiger partial charge is 0.287 e. The molecule has 23 heavy (non-hydrogen) atoms. The fraction of sp³-hybridized carbons (Fsp3) is 0.500. The maximum atomic E-state index is 13.3. The summed E-state index contributed by atoms with van der Waals surface area (Å²) in [5.41, 5.74) is -0.598. The van der Waals surface area contributed by atoms with E-state index in [2.05, 4.69) is 10.2 Å². The molecule has 0 atom stereocenters. The van der Waals surface area contributed by atoms with E-state index in [1.54, 1.807) is 0 Å². The Morgan fingerprint density at radius 2 is 2.04 bits per heavy atom. The van der Waals surface area contributed by atoms with Crippen molar-refractivity contribution in [1.29, 1.82) is 0 Å². The van der Waals surface area contributed by atoms with Gasteiger partial charge in [0.2, 0.25) is 5.78 Å². The van der Waals surface area contributed by atoms with E-state index in [9.17, 15) is 19.1 Å². The van der Waals surface area contributed by atoms with Gasteiger partial charge in [-0.05, 0) is 37.6 Å². The van der Waals surface area contributed by atoms with Crippen LogP contribution in [0.25, 0.3) is 0 Å². The first-order valence-corrected chi connectivity index (χ1v) is 7.83. The Morgan fingerprint density at radius 1 is 1.39 bits per heavy atom. The number of likely N-dealkylation sites (tertiary alicyclic amines) is 1. The molecular weight excluding hydrogens is 323 g/mol. The van der Waals surface area contributed by atoms with Crippen molar-refractivity contribution >= 4 is 23.3 Å². The average molecular weight is 343 g/mol. The topological polar surface area (TPSA) is 69.6 Å². The van der Waals surface area contributed by atoms with Crippen molar-refractivity contribution in [1.82, 2.24) is 10.2 Å². The third-order valence-corrected chi connectivity index (χ3v) is 4.40. The zero-order valence-electron chi connectivity index (χ0n) is 12.9. The number of nitrogens with one attached hydrogen (secondary N) is 1. The number of carbonyl (C=O) groups is 2. The molecule has 5 nitrogen and oxygen atoms in total. The third kappa shape index (κ3) is 4.99. The maximum Gasteiger partial charge on any atom is 0.287 e. The van der Waals surface area contributed by atoms with Crippen molar-refractivity contribution in [2.24, 2.45) is 0 Å². The Labute approximate surface area is 139 Å². The fourth-order valence-electron chi connectivity index (χ4n) is 2.47. The number of aliphatic hydroxyl groups is 1. The highest BCUT2D eigenvalue weighted by Gasteiger charge is 2.32. The largest absolute Gasteiger partial charge is 0.388 e. The highest BCUT2D eigenvalue weighted by Crippen LogP contribution is 2.20. The number of nitrogens with zero attached hydrogens (tertiary/aromatic N) is 1. The van der Waals surface area contributed by atoms with E-state index in [0.717, 1.165) is 19.2 Å². The van der Waals surface area contributed by atoms with Gasteiger partial charge in [0.25, 0.3) is 5.91 Å². The molecule has 2 N–H and O–H groups in total. The van der Waals surface area contributed by atoms with Gasteiger partial charge >= 0.3 is 0 Å². The molecule has 126 valence electrons. The summed E-state index contributed by atoms with van der Waals surface area (Å²) < 4.78 is 13.3. The first kappa shape index (κ1) is 17.8. The lowest BCUT2D eigenvalue weighted by molar-refractivity contribution is -0.138. The molecule has 0 unspecified atom stereocenters. The van der Waals surface area contributed by atoms with Crippen molar-refractivity contribution in [2.45, 2.75) is 24.9 Å². The first-order valence-electron chi connectivity index (χ1n) is 7.45. The molecular formula is C16H20ClFN2O3. The quantitative estimate of drug-likeness (QED) is 0.788. The Kier molecular flexibility index (Phi) is 5.73. The van der Waals surface area contributed by atoms with Crippen LogP contribution in [0.2, 0.25) is 5.02 Å². The van der Waals surface area contributed by atoms with E-state index in [0.29, 0.717) is 18.4 Å². The van der Waals surface area contributed by atoms with Crippen LogP contribution >= 0.6 is 11.6 Å². The average Bonchev–Trinajstić information content (AvgIpc) is 2.52. The molecule has 2 rings (SSSR count). The van der Waals surface area contributed by atoms with Crippen LogP contribution in [0.1, 0.15) is 18.4 Å². The summed E-state index contributed by atoms with van der Waals surface area (Å²) in [5, 5.41) is 12.8. The minimum atomic E-state index is -0.977. The third-order valence-electron chi connectivity index (χ3n) is 4.10. The van der Waals surface area contributed by atoms with Crippen LogP contribution in [0.4, 0.5) is 4.39 Å². The van der Waals surface area contributed by atoms with Crippen molar-refractivity contribution in [3.8, 4) is 0 Å². The molecule has 0 radical (unpaired) electrons. The van der Waals surface area contributed by atoms with E-state index in [-0.39, 0.29) is 18.0 Å². The van der Waals surface area contributed by atoms with Gasteiger partial charge in [-0.15, -0.1) is 0 Å². The summed E-state index contributed by atoms with van der Waals surface area (Å²) >= 11 is 5.57. The van der Waals surface area contributed by atoms with Crippen LogP contribution in [0.5, 0.6) is 0 Å². The zero-order chi connectivity index (χ0) is 17.0. The number of carbonyl (C=O) groups excluding carboxylic acids is 2. The van der Waals surface area contributed by atoms with Crippen LogP contribution in [0.15, 0.2) is 18.2 Å². The Balaban J connectivity index is 1.85. The molecule has 1 fully saturated rings.